The number of para-hydroxylation sites is 1. The van der Waals surface area contributed by atoms with Crippen LogP contribution in [0.25, 0.3) is 0 Å². The van der Waals surface area contributed by atoms with Gasteiger partial charge >= 0.3 is 0 Å². The van der Waals surface area contributed by atoms with Gasteiger partial charge in [-0.15, -0.1) is 0 Å². The Morgan fingerprint density at radius 2 is 1.95 bits per heavy atom. The minimum atomic E-state index is 0.392. The lowest BCUT2D eigenvalue weighted by atomic mass is 10.1. The third-order valence-corrected chi connectivity index (χ3v) is 4.90. The number of nitrogens with one attached hydrogen (secondary N) is 1. The number of benzene rings is 1. The zero-order valence-corrected chi connectivity index (χ0v) is 13.2. The number of nitrogens with zero attached hydrogens (tertiary/aromatic N) is 2. The molecule has 2 fully saturated rings. The first-order valence-corrected chi connectivity index (χ1v) is 8.12. The Morgan fingerprint density at radius 3 is 2.71 bits per heavy atom. The van der Waals surface area contributed by atoms with Crippen LogP contribution in [0.5, 0.6) is 0 Å². The van der Waals surface area contributed by atoms with Crippen molar-refractivity contribution in [3.05, 3.63) is 29.8 Å². The zero-order chi connectivity index (χ0) is 14.7. The average molecular weight is 289 g/mol. The molecule has 0 amide bonds. The minimum Gasteiger partial charge on any atom is -0.379 e. The Kier molecular flexibility index (Phi) is 4.78. The van der Waals surface area contributed by atoms with Crippen LogP contribution < -0.4 is 10.2 Å². The molecule has 4 nitrogen and oxygen atoms in total. The molecule has 0 saturated carbocycles. The van der Waals surface area contributed by atoms with Crippen molar-refractivity contribution in [2.75, 3.05) is 51.3 Å². The molecular weight excluding hydrogens is 262 g/mol. The molecule has 21 heavy (non-hydrogen) atoms. The molecule has 4 heteroatoms. The summed E-state index contributed by atoms with van der Waals surface area (Å²) in [6, 6.07) is 9.89. The largest absolute Gasteiger partial charge is 0.379 e. The zero-order valence-electron chi connectivity index (χ0n) is 13.2. The highest BCUT2D eigenvalue weighted by atomic mass is 16.5. The van der Waals surface area contributed by atoms with E-state index in [1.165, 1.54) is 17.7 Å². The number of anilines is 1. The van der Waals surface area contributed by atoms with Crippen LogP contribution in [0.1, 0.15) is 24.9 Å². The van der Waals surface area contributed by atoms with Gasteiger partial charge in [0.2, 0.25) is 0 Å². The Balaban J connectivity index is 1.71. The van der Waals surface area contributed by atoms with E-state index in [-0.39, 0.29) is 0 Å². The molecule has 0 bridgehead atoms. The summed E-state index contributed by atoms with van der Waals surface area (Å²) in [4.78, 5) is 5.16. The van der Waals surface area contributed by atoms with Gasteiger partial charge in [0, 0.05) is 44.0 Å². The molecule has 2 unspecified atom stereocenters. The molecule has 1 N–H and O–H groups in total. The molecule has 2 aliphatic heterocycles. The number of rotatable bonds is 4. The van der Waals surface area contributed by atoms with Gasteiger partial charge in [0.05, 0.1) is 13.2 Å². The number of hydrogen-bond donors (Lipinski definition) is 1. The van der Waals surface area contributed by atoms with E-state index in [4.69, 9.17) is 4.74 Å². The average Bonchev–Trinajstić information content (AvgIpc) is 3.05. The van der Waals surface area contributed by atoms with Crippen molar-refractivity contribution in [3.63, 3.8) is 0 Å². The minimum absolute atomic E-state index is 0.392. The smallest absolute Gasteiger partial charge is 0.0594 e. The van der Waals surface area contributed by atoms with Crippen molar-refractivity contribution in [1.82, 2.24) is 10.2 Å². The van der Waals surface area contributed by atoms with Gasteiger partial charge in [0.25, 0.3) is 0 Å². The van der Waals surface area contributed by atoms with Gasteiger partial charge < -0.3 is 15.0 Å². The molecule has 2 atom stereocenters. The summed E-state index contributed by atoms with van der Waals surface area (Å²) in [5.74, 6) is 0. The lowest BCUT2D eigenvalue weighted by Gasteiger charge is -2.32. The predicted molar refractivity (Wildman–Crippen MR) is 86.9 cm³/mol. The van der Waals surface area contributed by atoms with Gasteiger partial charge in [-0.25, -0.2) is 0 Å². The fourth-order valence-corrected chi connectivity index (χ4v) is 3.50. The fraction of sp³-hybridized carbons (Fsp3) is 0.647. The van der Waals surface area contributed by atoms with E-state index in [1.807, 2.05) is 7.05 Å². The standard InChI is InChI=1S/C17H27N3O/c1-14(18-2)16-5-3-4-6-17(16)20-8-7-15(13-20)19-9-11-21-12-10-19/h3-6,14-15,18H,7-13H2,1-2H3. The Labute approximate surface area is 128 Å². The lowest BCUT2D eigenvalue weighted by molar-refractivity contribution is 0.0209. The maximum atomic E-state index is 5.47. The van der Waals surface area contributed by atoms with Crippen molar-refractivity contribution >= 4 is 5.69 Å². The molecule has 2 saturated heterocycles. The molecule has 1 aromatic carbocycles. The fourth-order valence-electron chi connectivity index (χ4n) is 3.50. The third-order valence-electron chi connectivity index (χ3n) is 4.90. The van der Waals surface area contributed by atoms with Crippen LogP contribution in [0.3, 0.4) is 0 Å². The second-order valence-corrected chi connectivity index (χ2v) is 6.11. The quantitative estimate of drug-likeness (QED) is 0.916. The summed E-state index contributed by atoms with van der Waals surface area (Å²) in [6.45, 7) is 8.51. The summed E-state index contributed by atoms with van der Waals surface area (Å²) in [5, 5.41) is 3.37. The van der Waals surface area contributed by atoms with Crippen LogP contribution in [0, 0.1) is 0 Å². The SMILES string of the molecule is CNC(C)c1ccccc1N1CCC(N2CCOCC2)C1. The van der Waals surface area contributed by atoms with Crippen molar-refractivity contribution < 1.29 is 4.74 Å². The van der Waals surface area contributed by atoms with E-state index >= 15 is 0 Å². The van der Waals surface area contributed by atoms with Gasteiger partial charge in [-0.1, -0.05) is 18.2 Å². The number of ether oxygens (including phenoxy) is 1. The molecule has 3 rings (SSSR count). The highest BCUT2D eigenvalue weighted by Crippen LogP contribution is 2.30. The van der Waals surface area contributed by atoms with Crippen molar-refractivity contribution in [2.45, 2.75) is 25.4 Å². The van der Waals surface area contributed by atoms with Crippen LogP contribution in [0.2, 0.25) is 0 Å². The highest BCUT2D eigenvalue weighted by Gasteiger charge is 2.29. The Hall–Kier alpha value is -1.10. The summed E-state index contributed by atoms with van der Waals surface area (Å²) < 4.78 is 5.47. The molecular formula is C17H27N3O. The molecule has 0 aromatic heterocycles. The molecule has 0 spiro atoms. The Morgan fingerprint density at radius 1 is 1.19 bits per heavy atom. The van der Waals surface area contributed by atoms with Crippen LogP contribution in [0.4, 0.5) is 5.69 Å². The summed E-state index contributed by atoms with van der Waals surface area (Å²) >= 11 is 0. The van der Waals surface area contributed by atoms with Gasteiger partial charge in [-0.05, 0) is 32.0 Å². The summed E-state index contributed by atoms with van der Waals surface area (Å²) in [7, 11) is 2.03. The number of hydrogen-bond acceptors (Lipinski definition) is 4. The molecule has 1 aromatic rings. The first-order chi connectivity index (χ1) is 10.3. The van der Waals surface area contributed by atoms with Crippen LogP contribution in [-0.4, -0.2) is 57.4 Å². The second-order valence-electron chi connectivity index (χ2n) is 6.11. The van der Waals surface area contributed by atoms with Gasteiger partial charge in [-0.3, -0.25) is 4.90 Å². The third kappa shape index (κ3) is 3.23. The molecule has 0 aliphatic carbocycles. The topological polar surface area (TPSA) is 27.7 Å². The highest BCUT2D eigenvalue weighted by molar-refractivity contribution is 5.55. The van der Waals surface area contributed by atoms with Crippen LogP contribution in [-0.2, 0) is 4.74 Å². The second kappa shape index (κ2) is 6.77. The predicted octanol–water partition coefficient (Wildman–Crippen LogP) is 1.88. The van der Waals surface area contributed by atoms with Crippen molar-refractivity contribution in [3.8, 4) is 0 Å². The molecule has 2 aliphatic rings. The molecule has 116 valence electrons. The lowest BCUT2D eigenvalue weighted by Crippen LogP contribution is -2.44. The molecule has 2 heterocycles. The summed E-state index contributed by atoms with van der Waals surface area (Å²) in [5.41, 5.74) is 2.80. The van der Waals surface area contributed by atoms with Crippen molar-refractivity contribution in [1.29, 1.82) is 0 Å². The van der Waals surface area contributed by atoms with E-state index < -0.39 is 0 Å². The monoisotopic (exact) mass is 289 g/mol. The maximum Gasteiger partial charge on any atom is 0.0594 e. The maximum absolute atomic E-state index is 5.47. The van der Waals surface area contributed by atoms with E-state index in [2.05, 4.69) is 46.3 Å². The van der Waals surface area contributed by atoms with Crippen LogP contribution >= 0.6 is 0 Å². The van der Waals surface area contributed by atoms with Gasteiger partial charge in [0.1, 0.15) is 0 Å². The van der Waals surface area contributed by atoms with Crippen molar-refractivity contribution in [2.24, 2.45) is 0 Å². The summed E-state index contributed by atoms with van der Waals surface area (Å²) in [6.07, 6.45) is 1.27. The van der Waals surface area contributed by atoms with E-state index in [1.54, 1.807) is 0 Å². The van der Waals surface area contributed by atoms with Crippen LogP contribution in [0.15, 0.2) is 24.3 Å². The van der Waals surface area contributed by atoms with E-state index in [9.17, 15) is 0 Å². The normalized spacial score (nSPS) is 25.2. The Bertz CT molecular complexity index is 459. The first-order valence-electron chi connectivity index (χ1n) is 8.12. The van der Waals surface area contributed by atoms with E-state index in [0.717, 1.165) is 39.4 Å². The van der Waals surface area contributed by atoms with E-state index in [0.29, 0.717) is 12.1 Å². The number of morpholine rings is 1. The first kappa shape index (κ1) is 14.8. The molecule has 0 radical (unpaired) electrons. The van der Waals surface area contributed by atoms with Gasteiger partial charge in [-0.2, -0.15) is 0 Å². The van der Waals surface area contributed by atoms with Gasteiger partial charge in [0.15, 0.2) is 0 Å².